The molecule has 4 heteroatoms. The van der Waals surface area contributed by atoms with E-state index < -0.39 is 11.7 Å². The molecular weight excluding hydrogens is 244 g/mol. The quantitative estimate of drug-likeness (QED) is 0.524. The van der Waals surface area contributed by atoms with Gasteiger partial charge in [-0.2, -0.15) is 0 Å². The molecule has 68 valence electrons. The maximum atomic E-state index is 12.1. The predicted molar refractivity (Wildman–Crippen MR) is 45.7 cm³/mol. The number of halogens is 3. The number of hydrogen-bond acceptors (Lipinski definition) is 0. The molecule has 0 nitrogen and oxygen atoms in total. The topological polar surface area (TPSA) is 0 Å². The van der Waals surface area contributed by atoms with Crippen molar-refractivity contribution in [2.75, 3.05) is 0 Å². The number of alkyl halides is 3. The first-order valence-electron chi connectivity index (χ1n) is 3.34. The molecule has 0 heterocycles. The Kier molecular flexibility index (Phi) is 3.02. The molecule has 0 aliphatic heterocycles. The minimum atomic E-state index is -4.26. The average molecular weight is 249 g/mol. The Morgan fingerprint density at radius 3 is 2.08 bits per heavy atom. The standard InChI is InChI=1S/C9H5F3Se/c1-2-13-8-5-3-7(4-6-8)9(10,11)12/h1,3-6H. The van der Waals surface area contributed by atoms with Crippen LogP contribution in [-0.4, -0.2) is 15.0 Å². The monoisotopic (exact) mass is 250 g/mol. The van der Waals surface area contributed by atoms with Gasteiger partial charge in [-0.15, -0.1) is 0 Å². The summed E-state index contributed by atoms with van der Waals surface area (Å²) in [6, 6.07) is 4.94. The molecule has 0 amide bonds. The van der Waals surface area contributed by atoms with E-state index in [-0.39, 0.29) is 15.0 Å². The van der Waals surface area contributed by atoms with Gasteiger partial charge in [0.2, 0.25) is 0 Å². The molecule has 13 heavy (non-hydrogen) atoms. The van der Waals surface area contributed by atoms with Crippen molar-refractivity contribution in [1.29, 1.82) is 0 Å². The molecule has 1 aromatic carbocycles. The van der Waals surface area contributed by atoms with E-state index in [1.54, 1.807) is 0 Å². The molecule has 0 bridgehead atoms. The molecule has 0 fully saturated rings. The second-order valence-corrected chi connectivity index (χ2v) is 4.15. The van der Waals surface area contributed by atoms with Gasteiger partial charge in [0.1, 0.15) is 0 Å². The zero-order chi connectivity index (χ0) is 9.90. The maximum absolute atomic E-state index is 12.1. The summed E-state index contributed by atoms with van der Waals surface area (Å²) >= 11 is -0.163. The Morgan fingerprint density at radius 2 is 1.69 bits per heavy atom. The van der Waals surface area contributed by atoms with Gasteiger partial charge in [-0.3, -0.25) is 0 Å². The number of terminal acetylenes is 1. The van der Waals surface area contributed by atoms with Gasteiger partial charge < -0.3 is 0 Å². The van der Waals surface area contributed by atoms with Crippen LogP contribution < -0.4 is 4.46 Å². The van der Waals surface area contributed by atoms with Crippen LogP contribution in [0, 0.1) is 11.2 Å². The van der Waals surface area contributed by atoms with Crippen molar-refractivity contribution < 1.29 is 13.2 Å². The molecule has 0 atom stereocenters. The minimum absolute atomic E-state index is 0.163. The Labute approximate surface area is 80.3 Å². The third-order valence-corrected chi connectivity index (χ3v) is 2.67. The number of rotatable bonds is 1. The second-order valence-electron chi connectivity index (χ2n) is 2.24. The number of hydrogen-bond donors (Lipinski definition) is 0. The van der Waals surface area contributed by atoms with Crippen molar-refractivity contribution in [3.8, 4) is 11.2 Å². The fourth-order valence-corrected chi connectivity index (χ4v) is 1.64. The molecule has 0 radical (unpaired) electrons. The van der Waals surface area contributed by atoms with Crippen molar-refractivity contribution in [3.05, 3.63) is 29.8 Å². The summed E-state index contributed by atoms with van der Waals surface area (Å²) in [6.07, 6.45) is 0.778. The van der Waals surface area contributed by atoms with E-state index in [4.69, 9.17) is 6.42 Å². The van der Waals surface area contributed by atoms with Gasteiger partial charge in [0.15, 0.2) is 0 Å². The fraction of sp³-hybridized carbons (Fsp3) is 0.111. The summed E-state index contributed by atoms with van der Waals surface area (Å²) in [5.74, 6) is 0. The zero-order valence-corrected chi connectivity index (χ0v) is 8.14. The van der Waals surface area contributed by atoms with Crippen LogP contribution in [0.1, 0.15) is 5.56 Å². The van der Waals surface area contributed by atoms with Crippen molar-refractivity contribution in [1.82, 2.24) is 0 Å². The molecule has 0 spiro atoms. The van der Waals surface area contributed by atoms with Gasteiger partial charge >= 0.3 is 79.8 Å². The average Bonchev–Trinajstić information content (AvgIpc) is 2.04. The summed E-state index contributed by atoms with van der Waals surface area (Å²) in [7, 11) is 0. The van der Waals surface area contributed by atoms with Crippen LogP contribution in [0.15, 0.2) is 24.3 Å². The molecule has 0 aliphatic carbocycles. The van der Waals surface area contributed by atoms with Crippen molar-refractivity contribution in [2.45, 2.75) is 6.18 Å². The normalized spacial score (nSPS) is 10.9. The molecule has 1 rings (SSSR count). The molecule has 1 aromatic rings. The molecule has 0 saturated heterocycles. The van der Waals surface area contributed by atoms with Crippen LogP contribution in [0.5, 0.6) is 0 Å². The Bertz CT molecular complexity index is 318. The van der Waals surface area contributed by atoms with Gasteiger partial charge in [0, 0.05) is 0 Å². The first kappa shape index (κ1) is 10.2. The van der Waals surface area contributed by atoms with Crippen LogP contribution in [0.3, 0.4) is 0 Å². The van der Waals surface area contributed by atoms with Crippen LogP contribution >= 0.6 is 0 Å². The third-order valence-electron chi connectivity index (χ3n) is 1.36. The first-order chi connectivity index (χ1) is 6.04. The molecule has 0 aromatic heterocycles. The van der Waals surface area contributed by atoms with Crippen LogP contribution in [0.4, 0.5) is 13.2 Å². The second kappa shape index (κ2) is 3.87. The molecule has 0 unspecified atom stereocenters. The Morgan fingerprint density at radius 1 is 1.15 bits per heavy atom. The van der Waals surface area contributed by atoms with Crippen molar-refractivity contribution in [2.24, 2.45) is 0 Å². The molecule has 0 saturated carbocycles. The van der Waals surface area contributed by atoms with E-state index in [1.165, 1.54) is 12.1 Å². The van der Waals surface area contributed by atoms with E-state index in [9.17, 15) is 13.2 Å². The predicted octanol–water partition coefficient (Wildman–Crippen LogP) is 1.63. The van der Waals surface area contributed by atoms with Crippen LogP contribution in [0.25, 0.3) is 0 Å². The Hall–Kier alpha value is -0.911. The summed E-state index contributed by atoms with van der Waals surface area (Å²) < 4.78 is 37.0. The first-order valence-corrected chi connectivity index (χ1v) is 5.05. The van der Waals surface area contributed by atoms with Gasteiger partial charge in [-0.1, -0.05) is 0 Å². The van der Waals surface area contributed by atoms with Crippen molar-refractivity contribution >= 4 is 19.4 Å². The third kappa shape index (κ3) is 2.80. The zero-order valence-electron chi connectivity index (χ0n) is 6.43. The van der Waals surface area contributed by atoms with Gasteiger partial charge in [0.25, 0.3) is 0 Å². The van der Waals surface area contributed by atoms with E-state index in [0.29, 0.717) is 0 Å². The summed E-state index contributed by atoms with van der Waals surface area (Å²) in [5, 5.41) is 0. The van der Waals surface area contributed by atoms with E-state index in [1.807, 2.05) is 0 Å². The van der Waals surface area contributed by atoms with Gasteiger partial charge in [0.05, 0.1) is 0 Å². The van der Waals surface area contributed by atoms with Gasteiger partial charge in [-0.25, -0.2) is 0 Å². The Balaban J connectivity index is 2.89. The fourth-order valence-electron chi connectivity index (χ4n) is 0.780. The summed E-state index contributed by atoms with van der Waals surface area (Å²) in [6.45, 7) is 0. The van der Waals surface area contributed by atoms with Crippen molar-refractivity contribution in [3.63, 3.8) is 0 Å². The molecule has 0 N–H and O–H groups in total. The number of benzene rings is 1. The molecular formula is C9H5F3Se. The van der Waals surface area contributed by atoms with E-state index in [0.717, 1.165) is 16.6 Å². The van der Waals surface area contributed by atoms with Crippen LogP contribution in [-0.2, 0) is 6.18 Å². The van der Waals surface area contributed by atoms with E-state index in [2.05, 4.69) is 4.82 Å². The SMILES string of the molecule is C#C[Se]c1ccc(C(F)(F)F)cc1. The summed E-state index contributed by atoms with van der Waals surface area (Å²) in [5.41, 5.74) is -0.635. The molecule has 0 aliphatic rings. The van der Waals surface area contributed by atoms with Gasteiger partial charge in [-0.05, 0) is 0 Å². The van der Waals surface area contributed by atoms with E-state index >= 15 is 0 Å². The van der Waals surface area contributed by atoms with Crippen LogP contribution in [0.2, 0.25) is 0 Å². The summed E-state index contributed by atoms with van der Waals surface area (Å²) in [4.78, 5) is 2.42.